The number of ether oxygens (including phenoxy) is 1. The summed E-state index contributed by atoms with van der Waals surface area (Å²) in [6, 6.07) is 3.28. The van der Waals surface area contributed by atoms with Crippen molar-refractivity contribution in [3.8, 4) is 0 Å². The van der Waals surface area contributed by atoms with Crippen LogP contribution in [0.1, 0.15) is 18.5 Å². The summed E-state index contributed by atoms with van der Waals surface area (Å²) in [7, 11) is 2.05. The Morgan fingerprint density at radius 2 is 2.26 bits per heavy atom. The molecule has 3 nitrogen and oxygen atoms in total. The highest BCUT2D eigenvalue weighted by atomic mass is 19.1. The van der Waals surface area contributed by atoms with Crippen molar-refractivity contribution < 1.29 is 13.5 Å². The highest BCUT2D eigenvalue weighted by Gasteiger charge is 2.19. The molecule has 19 heavy (non-hydrogen) atoms. The van der Waals surface area contributed by atoms with Gasteiger partial charge in [-0.3, -0.25) is 0 Å². The van der Waals surface area contributed by atoms with E-state index in [-0.39, 0.29) is 18.0 Å². The van der Waals surface area contributed by atoms with Gasteiger partial charge in [0.1, 0.15) is 11.6 Å². The second-order valence-electron chi connectivity index (χ2n) is 5.05. The molecular weight excluding hydrogens is 250 g/mol. The topological polar surface area (TPSA) is 24.5 Å². The van der Waals surface area contributed by atoms with Crippen LogP contribution in [0.3, 0.4) is 0 Å². The minimum Gasteiger partial charge on any atom is -0.374 e. The molecule has 0 aliphatic carbocycles. The van der Waals surface area contributed by atoms with E-state index in [9.17, 15) is 8.78 Å². The average molecular weight is 270 g/mol. The van der Waals surface area contributed by atoms with Crippen molar-refractivity contribution in [2.75, 3.05) is 33.3 Å². The van der Waals surface area contributed by atoms with Crippen LogP contribution in [-0.4, -0.2) is 44.3 Å². The largest absolute Gasteiger partial charge is 0.374 e. The van der Waals surface area contributed by atoms with Gasteiger partial charge in [0.2, 0.25) is 0 Å². The molecule has 1 saturated heterocycles. The third kappa shape index (κ3) is 3.96. The standard InChI is InChI=1S/C14H20F2N2O/c1-10(13-7-11(15)3-4-14(13)16)17-8-12-9-18(2)5-6-19-12/h3-4,7,10,12,17H,5-6,8-9H2,1-2H3/t10-,12+/m0/s1. The molecule has 0 radical (unpaired) electrons. The molecule has 0 amide bonds. The minimum absolute atomic E-state index is 0.0952. The normalized spacial score (nSPS) is 22.4. The number of nitrogens with zero attached hydrogens (tertiary/aromatic N) is 1. The first-order chi connectivity index (χ1) is 9.06. The molecule has 1 aliphatic rings. The zero-order chi connectivity index (χ0) is 13.8. The minimum atomic E-state index is -0.418. The Morgan fingerprint density at radius 1 is 1.47 bits per heavy atom. The van der Waals surface area contributed by atoms with Crippen LogP contribution in [0, 0.1) is 11.6 Å². The molecule has 1 heterocycles. The fraction of sp³-hybridized carbons (Fsp3) is 0.571. The van der Waals surface area contributed by atoms with Crippen molar-refractivity contribution >= 4 is 0 Å². The first kappa shape index (κ1) is 14.4. The summed E-state index contributed by atoms with van der Waals surface area (Å²) in [5, 5.41) is 3.20. The van der Waals surface area contributed by atoms with Crippen LogP contribution in [0.5, 0.6) is 0 Å². The molecule has 1 N–H and O–H groups in total. The summed E-state index contributed by atoms with van der Waals surface area (Å²) in [4.78, 5) is 2.20. The van der Waals surface area contributed by atoms with Gasteiger partial charge in [-0.2, -0.15) is 0 Å². The van der Waals surface area contributed by atoms with E-state index in [4.69, 9.17) is 4.74 Å². The molecule has 1 aromatic rings. The second-order valence-corrected chi connectivity index (χ2v) is 5.05. The van der Waals surface area contributed by atoms with Crippen molar-refractivity contribution in [3.05, 3.63) is 35.4 Å². The fourth-order valence-corrected chi connectivity index (χ4v) is 2.25. The summed E-state index contributed by atoms with van der Waals surface area (Å²) in [6.45, 7) is 4.95. The van der Waals surface area contributed by atoms with Crippen LogP contribution in [0.15, 0.2) is 18.2 Å². The first-order valence-corrected chi connectivity index (χ1v) is 6.54. The molecule has 2 rings (SSSR count). The van der Waals surface area contributed by atoms with Gasteiger partial charge in [0, 0.05) is 31.2 Å². The lowest BCUT2D eigenvalue weighted by Crippen LogP contribution is -2.45. The zero-order valence-electron chi connectivity index (χ0n) is 11.3. The molecule has 106 valence electrons. The maximum atomic E-state index is 13.6. The smallest absolute Gasteiger partial charge is 0.128 e. The number of nitrogens with one attached hydrogen (secondary N) is 1. The number of hydrogen-bond acceptors (Lipinski definition) is 3. The predicted octanol–water partition coefficient (Wildman–Crippen LogP) is 1.95. The van der Waals surface area contributed by atoms with Crippen molar-refractivity contribution in [3.63, 3.8) is 0 Å². The fourth-order valence-electron chi connectivity index (χ4n) is 2.25. The highest BCUT2D eigenvalue weighted by Crippen LogP contribution is 2.18. The molecule has 1 aliphatic heterocycles. The maximum Gasteiger partial charge on any atom is 0.128 e. The lowest BCUT2D eigenvalue weighted by Gasteiger charge is -2.31. The number of morpholine rings is 1. The Labute approximate surface area is 112 Å². The third-order valence-electron chi connectivity index (χ3n) is 3.42. The summed E-state index contributed by atoms with van der Waals surface area (Å²) < 4.78 is 32.3. The molecule has 0 aromatic heterocycles. The van der Waals surface area contributed by atoms with Gasteiger partial charge < -0.3 is 15.0 Å². The Hall–Kier alpha value is -1.04. The van der Waals surface area contributed by atoms with Crippen LogP contribution in [-0.2, 0) is 4.74 Å². The van der Waals surface area contributed by atoms with Gasteiger partial charge in [-0.1, -0.05) is 0 Å². The molecule has 1 fully saturated rings. The summed E-state index contributed by atoms with van der Waals surface area (Å²) >= 11 is 0. The van der Waals surface area contributed by atoms with Gasteiger partial charge in [0.15, 0.2) is 0 Å². The highest BCUT2D eigenvalue weighted by molar-refractivity contribution is 5.21. The zero-order valence-corrected chi connectivity index (χ0v) is 11.3. The molecular formula is C14H20F2N2O. The van der Waals surface area contributed by atoms with Gasteiger partial charge in [0.05, 0.1) is 12.7 Å². The molecule has 0 unspecified atom stereocenters. The molecule has 0 saturated carbocycles. The number of rotatable bonds is 4. The Bertz CT molecular complexity index is 428. The van der Waals surface area contributed by atoms with Crippen LogP contribution < -0.4 is 5.32 Å². The second kappa shape index (κ2) is 6.41. The maximum absolute atomic E-state index is 13.6. The van der Waals surface area contributed by atoms with E-state index in [0.29, 0.717) is 18.7 Å². The third-order valence-corrected chi connectivity index (χ3v) is 3.42. The van der Waals surface area contributed by atoms with Gasteiger partial charge >= 0.3 is 0 Å². The summed E-state index contributed by atoms with van der Waals surface area (Å²) in [5.74, 6) is -0.804. The lowest BCUT2D eigenvalue weighted by atomic mass is 10.1. The van der Waals surface area contributed by atoms with Gasteiger partial charge in [-0.05, 0) is 32.2 Å². The average Bonchev–Trinajstić information content (AvgIpc) is 2.39. The molecule has 2 atom stereocenters. The van der Waals surface area contributed by atoms with E-state index in [0.717, 1.165) is 25.2 Å². The Kier molecular flexibility index (Phi) is 4.85. The quantitative estimate of drug-likeness (QED) is 0.905. The van der Waals surface area contributed by atoms with E-state index in [1.807, 2.05) is 14.0 Å². The van der Waals surface area contributed by atoms with Gasteiger partial charge in [-0.25, -0.2) is 8.78 Å². The predicted molar refractivity (Wildman–Crippen MR) is 70.0 cm³/mol. The Balaban J connectivity index is 1.90. The van der Waals surface area contributed by atoms with Crippen LogP contribution in [0.4, 0.5) is 8.78 Å². The number of hydrogen-bond donors (Lipinski definition) is 1. The molecule has 1 aromatic carbocycles. The van der Waals surface area contributed by atoms with E-state index >= 15 is 0 Å². The van der Waals surface area contributed by atoms with Crippen LogP contribution >= 0.6 is 0 Å². The lowest BCUT2D eigenvalue weighted by molar-refractivity contribution is -0.0191. The Morgan fingerprint density at radius 3 is 3.00 bits per heavy atom. The van der Waals surface area contributed by atoms with E-state index in [1.54, 1.807) is 0 Å². The van der Waals surface area contributed by atoms with E-state index in [1.165, 1.54) is 6.07 Å². The monoisotopic (exact) mass is 270 g/mol. The van der Waals surface area contributed by atoms with Crippen molar-refractivity contribution in [1.82, 2.24) is 10.2 Å². The molecule has 5 heteroatoms. The van der Waals surface area contributed by atoms with Gasteiger partial charge in [0.25, 0.3) is 0 Å². The first-order valence-electron chi connectivity index (χ1n) is 6.54. The van der Waals surface area contributed by atoms with Crippen molar-refractivity contribution in [1.29, 1.82) is 0 Å². The summed E-state index contributed by atoms with van der Waals surface area (Å²) in [6.07, 6.45) is 0.0952. The van der Waals surface area contributed by atoms with Crippen LogP contribution in [0.2, 0.25) is 0 Å². The van der Waals surface area contributed by atoms with Crippen molar-refractivity contribution in [2.24, 2.45) is 0 Å². The van der Waals surface area contributed by atoms with Gasteiger partial charge in [-0.15, -0.1) is 0 Å². The number of halogens is 2. The van der Waals surface area contributed by atoms with E-state index in [2.05, 4.69) is 10.2 Å². The summed E-state index contributed by atoms with van der Waals surface area (Å²) in [5.41, 5.74) is 0.351. The van der Waals surface area contributed by atoms with Crippen LogP contribution in [0.25, 0.3) is 0 Å². The molecule has 0 bridgehead atoms. The molecule has 0 spiro atoms. The van der Waals surface area contributed by atoms with Crippen molar-refractivity contribution in [2.45, 2.75) is 19.1 Å². The SMILES string of the molecule is C[C@H](NC[C@@H]1CN(C)CCO1)c1cc(F)ccc1F. The van der Waals surface area contributed by atoms with E-state index < -0.39 is 5.82 Å². The number of benzene rings is 1. The number of likely N-dealkylation sites (N-methyl/N-ethyl adjacent to an activating group) is 1.